The minimum Gasteiger partial charge on any atom is -0.447 e. The normalized spacial score (nSPS) is 22.3. The number of piperidine rings is 1. The van der Waals surface area contributed by atoms with Gasteiger partial charge in [0.2, 0.25) is 5.91 Å². The lowest BCUT2D eigenvalue weighted by molar-refractivity contribution is -0.130. The zero-order valence-corrected chi connectivity index (χ0v) is 12.0. The molecular formula is C14H18N4O3. The molecule has 0 radical (unpaired) electrons. The third-order valence-corrected chi connectivity index (χ3v) is 3.96. The van der Waals surface area contributed by atoms with Crippen molar-refractivity contribution in [3.63, 3.8) is 0 Å². The molecule has 112 valence electrons. The molecule has 2 aliphatic heterocycles. The predicted molar refractivity (Wildman–Crippen MR) is 75.0 cm³/mol. The topological polar surface area (TPSA) is 75.6 Å². The van der Waals surface area contributed by atoms with E-state index in [-0.39, 0.29) is 17.9 Å². The van der Waals surface area contributed by atoms with Crippen LogP contribution >= 0.6 is 0 Å². The Kier molecular flexibility index (Phi) is 3.72. The maximum Gasteiger partial charge on any atom is 0.415 e. The number of nitrogens with zero attached hydrogens (tertiary/aromatic N) is 4. The summed E-state index contributed by atoms with van der Waals surface area (Å²) in [5.74, 6) is 0.788. The Morgan fingerprint density at radius 3 is 2.95 bits per heavy atom. The van der Waals surface area contributed by atoms with Gasteiger partial charge in [-0.3, -0.25) is 14.7 Å². The molecule has 7 nitrogen and oxygen atoms in total. The molecule has 1 aromatic rings. The Morgan fingerprint density at radius 1 is 1.38 bits per heavy atom. The molecule has 3 heterocycles. The van der Waals surface area contributed by atoms with Crippen LogP contribution in [-0.2, 0) is 9.53 Å². The first-order valence-corrected chi connectivity index (χ1v) is 7.17. The van der Waals surface area contributed by atoms with E-state index in [1.807, 2.05) is 4.90 Å². The van der Waals surface area contributed by atoms with E-state index in [2.05, 4.69) is 9.97 Å². The number of likely N-dealkylation sites (tertiary alicyclic amines) is 1. The number of carbonyl (C=O) groups is 2. The molecule has 0 spiro atoms. The highest BCUT2D eigenvalue weighted by atomic mass is 16.6. The van der Waals surface area contributed by atoms with Crippen LogP contribution in [0.1, 0.15) is 31.4 Å². The molecule has 21 heavy (non-hydrogen) atoms. The first-order valence-electron chi connectivity index (χ1n) is 7.17. The first kappa shape index (κ1) is 13.8. The van der Waals surface area contributed by atoms with Crippen LogP contribution in [0.5, 0.6) is 0 Å². The summed E-state index contributed by atoms with van der Waals surface area (Å²) in [5, 5.41) is 0. The second-order valence-electron chi connectivity index (χ2n) is 5.37. The van der Waals surface area contributed by atoms with E-state index >= 15 is 0 Å². The van der Waals surface area contributed by atoms with Gasteiger partial charge in [-0.25, -0.2) is 9.78 Å². The number of carbonyl (C=O) groups excluding carboxylic acids is 2. The number of cyclic esters (lactones) is 1. The van der Waals surface area contributed by atoms with E-state index in [1.54, 1.807) is 19.3 Å². The van der Waals surface area contributed by atoms with Crippen LogP contribution in [0.25, 0.3) is 0 Å². The number of ether oxygens (including phenoxy) is 1. The van der Waals surface area contributed by atoms with Crippen LogP contribution < -0.4 is 4.90 Å². The Hall–Kier alpha value is -2.18. The van der Waals surface area contributed by atoms with Crippen molar-refractivity contribution in [3.05, 3.63) is 18.1 Å². The number of hydrogen-bond donors (Lipinski definition) is 0. The summed E-state index contributed by atoms with van der Waals surface area (Å²) in [4.78, 5) is 35.2. The van der Waals surface area contributed by atoms with Crippen molar-refractivity contribution in [3.8, 4) is 0 Å². The second kappa shape index (κ2) is 5.67. The predicted octanol–water partition coefficient (Wildman–Crippen LogP) is 1.16. The van der Waals surface area contributed by atoms with Gasteiger partial charge in [-0.05, 0) is 12.8 Å². The van der Waals surface area contributed by atoms with Gasteiger partial charge in [0, 0.05) is 32.1 Å². The monoisotopic (exact) mass is 290 g/mol. The molecule has 3 rings (SSSR count). The molecule has 0 bridgehead atoms. The lowest BCUT2D eigenvalue weighted by Crippen LogP contribution is -2.38. The first-order chi connectivity index (χ1) is 10.1. The van der Waals surface area contributed by atoms with Crippen LogP contribution in [0.4, 0.5) is 10.6 Å². The van der Waals surface area contributed by atoms with Gasteiger partial charge in [-0.15, -0.1) is 0 Å². The van der Waals surface area contributed by atoms with Crippen molar-refractivity contribution >= 4 is 17.8 Å². The number of rotatable bonds is 2. The fourth-order valence-electron chi connectivity index (χ4n) is 2.80. The number of amides is 2. The minimum atomic E-state index is -0.379. The zero-order chi connectivity index (χ0) is 14.8. The smallest absolute Gasteiger partial charge is 0.415 e. The van der Waals surface area contributed by atoms with E-state index in [9.17, 15) is 9.59 Å². The molecule has 2 amide bonds. The van der Waals surface area contributed by atoms with Crippen LogP contribution in [0.3, 0.4) is 0 Å². The second-order valence-corrected chi connectivity index (χ2v) is 5.37. The average Bonchev–Trinajstić information content (AvgIpc) is 2.94. The molecule has 2 saturated heterocycles. The average molecular weight is 290 g/mol. The summed E-state index contributed by atoms with van der Waals surface area (Å²) < 4.78 is 4.92. The summed E-state index contributed by atoms with van der Waals surface area (Å²) in [6.07, 6.45) is 4.85. The van der Waals surface area contributed by atoms with E-state index in [0.717, 1.165) is 25.1 Å². The Labute approximate surface area is 122 Å². The number of aromatic nitrogens is 2. The maximum atomic E-state index is 11.6. The largest absolute Gasteiger partial charge is 0.447 e. The van der Waals surface area contributed by atoms with Crippen molar-refractivity contribution < 1.29 is 14.3 Å². The molecule has 0 unspecified atom stereocenters. The molecule has 0 saturated carbocycles. The van der Waals surface area contributed by atoms with Gasteiger partial charge in [0.15, 0.2) is 5.82 Å². The quantitative estimate of drug-likeness (QED) is 0.817. The fraction of sp³-hybridized carbons (Fsp3) is 0.571. The number of hydrogen-bond acceptors (Lipinski definition) is 5. The summed E-state index contributed by atoms with van der Waals surface area (Å²) in [7, 11) is 0. The molecule has 2 fully saturated rings. The lowest BCUT2D eigenvalue weighted by atomic mass is 9.95. The highest BCUT2D eigenvalue weighted by Gasteiger charge is 2.28. The van der Waals surface area contributed by atoms with Gasteiger partial charge < -0.3 is 9.64 Å². The van der Waals surface area contributed by atoms with Crippen LogP contribution in [-0.4, -0.2) is 53.1 Å². The van der Waals surface area contributed by atoms with Gasteiger partial charge in [0.05, 0.1) is 18.4 Å². The summed E-state index contributed by atoms with van der Waals surface area (Å²) >= 11 is 0. The molecule has 7 heteroatoms. The fourth-order valence-corrected chi connectivity index (χ4v) is 2.80. The van der Waals surface area contributed by atoms with Crippen molar-refractivity contribution in [1.82, 2.24) is 14.9 Å². The molecule has 0 aromatic carbocycles. The standard InChI is InChI=1S/C14H18N4O3/c1-10(19)17-4-2-3-11(9-17)12-7-15-8-13(16-12)18-5-6-21-14(18)20/h7-8,11H,2-6,9H2,1H3/t11-/m1/s1. The van der Waals surface area contributed by atoms with Crippen molar-refractivity contribution in [2.75, 3.05) is 31.1 Å². The van der Waals surface area contributed by atoms with Crippen LogP contribution in [0, 0.1) is 0 Å². The van der Waals surface area contributed by atoms with Crippen LogP contribution in [0.2, 0.25) is 0 Å². The maximum absolute atomic E-state index is 11.6. The molecule has 1 aromatic heterocycles. The summed E-state index contributed by atoms with van der Waals surface area (Å²) in [5.41, 5.74) is 0.832. The molecular weight excluding hydrogens is 272 g/mol. The van der Waals surface area contributed by atoms with E-state index in [1.165, 1.54) is 4.90 Å². The zero-order valence-electron chi connectivity index (χ0n) is 12.0. The Bertz CT molecular complexity index is 563. The van der Waals surface area contributed by atoms with Gasteiger partial charge in [-0.2, -0.15) is 0 Å². The van der Waals surface area contributed by atoms with E-state index in [4.69, 9.17) is 4.74 Å². The SMILES string of the molecule is CC(=O)N1CCC[C@@H](c2cncc(N3CCOC3=O)n2)C1. The summed E-state index contributed by atoms with van der Waals surface area (Å²) in [6, 6.07) is 0. The Balaban J connectivity index is 1.79. The van der Waals surface area contributed by atoms with Gasteiger partial charge in [-0.1, -0.05) is 0 Å². The highest BCUT2D eigenvalue weighted by molar-refractivity contribution is 5.87. The lowest BCUT2D eigenvalue weighted by Gasteiger charge is -2.31. The van der Waals surface area contributed by atoms with Gasteiger partial charge in [0.1, 0.15) is 6.61 Å². The van der Waals surface area contributed by atoms with Crippen molar-refractivity contribution in [2.24, 2.45) is 0 Å². The summed E-state index contributed by atoms with van der Waals surface area (Å²) in [6.45, 7) is 3.94. The minimum absolute atomic E-state index is 0.0898. The molecule has 0 aliphatic carbocycles. The highest BCUT2D eigenvalue weighted by Crippen LogP contribution is 2.27. The molecule has 0 N–H and O–H groups in total. The van der Waals surface area contributed by atoms with E-state index < -0.39 is 0 Å². The van der Waals surface area contributed by atoms with Crippen molar-refractivity contribution in [1.29, 1.82) is 0 Å². The van der Waals surface area contributed by atoms with E-state index in [0.29, 0.717) is 25.5 Å². The molecule has 1 atom stereocenters. The Morgan fingerprint density at radius 2 is 2.24 bits per heavy atom. The van der Waals surface area contributed by atoms with Gasteiger partial charge >= 0.3 is 6.09 Å². The molecule has 2 aliphatic rings. The third-order valence-electron chi connectivity index (χ3n) is 3.96. The van der Waals surface area contributed by atoms with Crippen LogP contribution in [0.15, 0.2) is 12.4 Å². The van der Waals surface area contributed by atoms with Gasteiger partial charge in [0.25, 0.3) is 0 Å². The third kappa shape index (κ3) is 2.81. The van der Waals surface area contributed by atoms with Crippen molar-refractivity contribution in [2.45, 2.75) is 25.7 Å². The number of anilines is 1.